The SMILES string of the molecule is CC(=O)Nc1cc(Br)c2[nH]c(C(=O)N(C)C)cc2c1. The first-order chi connectivity index (χ1) is 8.88. The minimum atomic E-state index is -0.133. The van der Waals surface area contributed by atoms with Gasteiger partial charge in [0.1, 0.15) is 5.69 Å². The van der Waals surface area contributed by atoms with Crippen LogP contribution < -0.4 is 5.32 Å². The van der Waals surface area contributed by atoms with Crippen LogP contribution in [0.15, 0.2) is 22.7 Å². The van der Waals surface area contributed by atoms with Gasteiger partial charge in [0.05, 0.1) is 5.52 Å². The van der Waals surface area contributed by atoms with E-state index in [4.69, 9.17) is 0 Å². The van der Waals surface area contributed by atoms with Crippen molar-refractivity contribution in [2.75, 3.05) is 19.4 Å². The third-order valence-electron chi connectivity index (χ3n) is 2.64. The topological polar surface area (TPSA) is 65.2 Å². The fourth-order valence-corrected chi connectivity index (χ4v) is 2.41. The highest BCUT2D eigenvalue weighted by Crippen LogP contribution is 2.28. The summed E-state index contributed by atoms with van der Waals surface area (Å²) in [5.41, 5.74) is 2.04. The van der Waals surface area contributed by atoms with Gasteiger partial charge in [-0.15, -0.1) is 0 Å². The average molecular weight is 324 g/mol. The van der Waals surface area contributed by atoms with Crippen LogP contribution >= 0.6 is 15.9 Å². The van der Waals surface area contributed by atoms with E-state index in [1.807, 2.05) is 6.07 Å². The van der Waals surface area contributed by atoms with Crippen molar-refractivity contribution in [3.63, 3.8) is 0 Å². The van der Waals surface area contributed by atoms with Gasteiger partial charge in [-0.2, -0.15) is 0 Å². The molecule has 5 nitrogen and oxygen atoms in total. The van der Waals surface area contributed by atoms with Crippen molar-refractivity contribution in [1.82, 2.24) is 9.88 Å². The molecule has 1 aromatic heterocycles. The number of H-pyrrole nitrogens is 1. The maximum absolute atomic E-state index is 11.9. The van der Waals surface area contributed by atoms with Gasteiger partial charge in [-0.3, -0.25) is 9.59 Å². The molecule has 2 amide bonds. The molecular formula is C13H14BrN3O2. The van der Waals surface area contributed by atoms with Crippen molar-refractivity contribution >= 4 is 44.3 Å². The summed E-state index contributed by atoms with van der Waals surface area (Å²) in [6.07, 6.45) is 0. The Morgan fingerprint density at radius 1 is 1.26 bits per heavy atom. The summed E-state index contributed by atoms with van der Waals surface area (Å²) in [6.45, 7) is 1.45. The van der Waals surface area contributed by atoms with Crippen molar-refractivity contribution in [2.24, 2.45) is 0 Å². The minimum Gasteiger partial charge on any atom is -0.350 e. The van der Waals surface area contributed by atoms with E-state index in [1.165, 1.54) is 11.8 Å². The molecule has 2 N–H and O–H groups in total. The van der Waals surface area contributed by atoms with E-state index in [0.717, 1.165) is 15.4 Å². The van der Waals surface area contributed by atoms with Gasteiger partial charge in [0.25, 0.3) is 5.91 Å². The molecule has 6 heteroatoms. The van der Waals surface area contributed by atoms with Gasteiger partial charge in [0.2, 0.25) is 5.91 Å². The molecule has 0 aliphatic heterocycles. The number of carbonyl (C=O) groups is 2. The number of carbonyl (C=O) groups excluding carboxylic acids is 2. The zero-order valence-electron chi connectivity index (χ0n) is 10.9. The number of aromatic amines is 1. The lowest BCUT2D eigenvalue weighted by Gasteiger charge is -2.07. The summed E-state index contributed by atoms with van der Waals surface area (Å²) < 4.78 is 0.798. The van der Waals surface area contributed by atoms with E-state index in [0.29, 0.717) is 11.4 Å². The normalized spacial score (nSPS) is 10.5. The standard InChI is InChI=1S/C13H14BrN3O2/c1-7(18)15-9-4-8-5-11(13(19)17(2)3)16-12(8)10(14)6-9/h4-6,16H,1-3H3,(H,15,18). The molecule has 0 saturated heterocycles. The second-order valence-electron chi connectivity index (χ2n) is 4.49. The van der Waals surface area contributed by atoms with Crippen LogP contribution in [0.1, 0.15) is 17.4 Å². The number of benzene rings is 1. The van der Waals surface area contributed by atoms with Crippen LogP contribution in [0.5, 0.6) is 0 Å². The third-order valence-corrected chi connectivity index (χ3v) is 3.26. The highest BCUT2D eigenvalue weighted by Gasteiger charge is 2.13. The summed E-state index contributed by atoms with van der Waals surface area (Å²) in [6, 6.07) is 5.39. The molecule has 2 aromatic rings. The summed E-state index contributed by atoms with van der Waals surface area (Å²) in [4.78, 5) is 27.5. The Hall–Kier alpha value is -1.82. The molecule has 0 atom stereocenters. The van der Waals surface area contributed by atoms with Crippen molar-refractivity contribution in [1.29, 1.82) is 0 Å². The Morgan fingerprint density at radius 3 is 2.53 bits per heavy atom. The number of halogens is 1. The summed E-state index contributed by atoms with van der Waals surface area (Å²) in [5.74, 6) is -0.226. The van der Waals surface area contributed by atoms with E-state index in [1.54, 1.807) is 26.2 Å². The number of rotatable bonds is 2. The number of hydrogen-bond acceptors (Lipinski definition) is 2. The van der Waals surface area contributed by atoms with Crippen LogP contribution in [0, 0.1) is 0 Å². The van der Waals surface area contributed by atoms with Crippen LogP contribution in [0.2, 0.25) is 0 Å². The van der Waals surface area contributed by atoms with Crippen LogP contribution in [-0.4, -0.2) is 35.8 Å². The molecule has 0 spiro atoms. The summed E-state index contributed by atoms with van der Waals surface area (Å²) in [5, 5.41) is 3.59. The lowest BCUT2D eigenvalue weighted by atomic mass is 10.2. The first kappa shape index (κ1) is 13.6. The van der Waals surface area contributed by atoms with E-state index >= 15 is 0 Å². The predicted molar refractivity (Wildman–Crippen MR) is 78.3 cm³/mol. The van der Waals surface area contributed by atoms with E-state index < -0.39 is 0 Å². The molecule has 0 unspecified atom stereocenters. The van der Waals surface area contributed by atoms with Crippen molar-refractivity contribution in [3.8, 4) is 0 Å². The Kier molecular flexibility index (Phi) is 3.61. The fraction of sp³-hybridized carbons (Fsp3) is 0.231. The van der Waals surface area contributed by atoms with Gasteiger partial charge in [-0.1, -0.05) is 0 Å². The highest BCUT2D eigenvalue weighted by molar-refractivity contribution is 9.10. The van der Waals surface area contributed by atoms with Crippen molar-refractivity contribution < 1.29 is 9.59 Å². The van der Waals surface area contributed by atoms with Crippen molar-refractivity contribution in [2.45, 2.75) is 6.92 Å². The molecule has 0 bridgehead atoms. The monoisotopic (exact) mass is 323 g/mol. The number of anilines is 1. The molecule has 1 aromatic carbocycles. The van der Waals surface area contributed by atoms with Crippen LogP contribution in [0.4, 0.5) is 5.69 Å². The molecule has 0 saturated carbocycles. The predicted octanol–water partition coefficient (Wildman–Crippen LogP) is 2.59. The van der Waals surface area contributed by atoms with Gasteiger partial charge in [0.15, 0.2) is 0 Å². The molecular weight excluding hydrogens is 310 g/mol. The van der Waals surface area contributed by atoms with Gasteiger partial charge in [-0.05, 0) is 34.1 Å². The Balaban J connectivity index is 2.50. The fourth-order valence-electron chi connectivity index (χ4n) is 1.83. The van der Waals surface area contributed by atoms with Crippen molar-refractivity contribution in [3.05, 3.63) is 28.4 Å². The molecule has 0 aliphatic rings. The Labute approximate surface area is 119 Å². The molecule has 2 rings (SSSR count). The lowest BCUT2D eigenvalue weighted by Crippen LogP contribution is -2.21. The quantitative estimate of drug-likeness (QED) is 0.892. The zero-order valence-corrected chi connectivity index (χ0v) is 12.5. The van der Waals surface area contributed by atoms with E-state index in [9.17, 15) is 9.59 Å². The zero-order chi connectivity index (χ0) is 14.2. The third kappa shape index (κ3) is 2.78. The Bertz CT molecular complexity index is 661. The first-order valence-electron chi connectivity index (χ1n) is 5.70. The highest BCUT2D eigenvalue weighted by atomic mass is 79.9. The molecule has 19 heavy (non-hydrogen) atoms. The maximum atomic E-state index is 11.9. The van der Waals surface area contributed by atoms with Crippen LogP contribution in [0.3, 0.4) is 0 Å². The van der Waals surface area contributed by atoms with E-state index in [2.05, 4.69) is 26.2 Å². The molecule has 1 heterocycles. The molecule has 0 aliphatic carbocycles. The number of amides is 2. The second-order valence-corrected chi connectivity index (χ2v) is 5.34. The lowest BCUT2D eigenvalue weighted by molar-refractivity contribution is -0.114. The maximum Gasteiger partial charge on any atom is 0.269 e. The van der Waals surface area contributed by atoms with Crippen LogP contribution in [0.25, 0.3) is 10.9 Å². The van der Waals surface area contributed by atoms with E-state index in [-0.39, 0.29) is 11.8 Å². The number of aromatic nitrogens is 1. The van der Waals surface area contributed by atoms with Gasteiger partial charge in [-0.25, -0.2) is 0 Å². The van der Waals surface area contributed by atoms with Crippen LogP contribution in [-0.2, 0) is 4.79 Å². The van der Waals surface area contributed by atoms with Gasteiger partial charge >= 0.3 is 0 Å². The number of fused-ring (bicyclic) bond motifs is 1. The number of nitrogens with zero attached hydrogens (tertiary/aromatic N) is 1. The largest absolute Gasteiger partial charge is 0.350 e. The minimum absolute atomic E-state index is 0.0934. The number of nitrogens with one attached hydrogen (secondary N) is 2. The number of hydrogen-bond donors (Lipinski definition) is 2. The van der Waals surface area contributed by atoms with Gasteiger partial charge < -0.3 is 15.2 Å². The van der Waals surface area contributed by atoms with Gasteiger partial charge in [0, 0.05) is 36.6 Å². The molecule has 0 radical (unpaired) electrons. The second kappa shape index (κ2) is 5.05. The average Bonchev–Trinajstić information content (AvgIpc) is 2.71. The molecule has 0 fully saturated rings. The molecule has 100 valence electrons. The Morgan fingerprint density at radius 2 is 1.95 bits per heavy atom. The summed E-state index contributed by atoms with van der Waals surface area (Å²) in [7, 11) is 3.40. The summed E-state index contributed by atoms with van der Waals surface area (Å²) >= 11 is 3.43. The smallest absolute Gasteiger partial charge is 0.269 e. The first-order valence-corrected chi connectivity index (χ1v) is 6.49.